The molecule has 0 radical (unpaired) electrons. The molecule has 1 aliphatic heterocycles. The first-order chi connectivity index (χ1) is 16.1. The lowest BCUT2D eigenvalue weighted by Crippen LogP contribution is -2.49. The summed E-state index contributed by atoms with van der Waals surface area (Å²) in [5.74, 6) is -0.352. The highest BCUT2D eigenvalue weighted by molar-refractivity contribution is 7.92. The van der Waals surface area contributed by atoms with Gasteiger partial charge in [-0.1, -0.05) is 24.6 Å². The zero-order valence-electron chi connectivity index (χ0n) is 19.1. The number of carbonyl (C=O) groups is 3. The lowest BCUT2D eigenvalue weighted by Gasteiger charge is -2.33. The number of carbonyl (C=O) groups excluding carboxylic acids is 3. The van der Waals surface area contributed by atoms with Gasteiger partial charge in [0.25, 0.3) is 15.9 Å². The molecule has 180 valence electrons. The minimum absolute atomic E-state index is 0.147. The van der Waals surface area contributed by atoms with E-state index in [1.165, 1.54) is 24.3 Å². The van der Waals surface area contributed by atoms with Gasteiger partial charge in [0.1, 0.15) is 12.1 Å². The maximum Gasteiger partial charge on any atom is 0.325 e. The van der Waals surface area contributed by atoms with Crippen molar-refractivity contribution in [2.75, 3.05) is 16.6 Å². The van der Waals surface area contributed by atoms with Crippen molar-refractivity contribution in [1.29, 1.82) is 0 Å². The van der Waals surface area contributed by atoms with Crippen LogP contribution in [0, 0.1) is 12.8 Å². The van der Waals surface area contributed by atoms with Gasteiger partial charge >= 0.3 is 6.03 Å². The van der Waals surface area contributed by atoms with Crippen molar-refractivity contribution in [3.63, 3.8) is 0 Å². The molecule has 1 heterocycles. The van der Waals surface area contributed by atoms with E-state index in [0.717, 1.165) is 23.3 Å². The number of amides is 4. The molecule has 34 heavy (non-hydrogen) atoms. The van der Waals surface area contributed by atoms with E-state index in [9.17, 15) is 22.8 Å². The number of aryl methyl sites for hydroxylation is 1. The van der Waals surface area contributed by atoms with Crippen molar-refractivity contribution < 1.29 is 22.8 Å². The summed E-state index contributed by atoms with van der Waals surface area (Å²) in [6.07, 6.45) is 2.87. The van der Waals surface area contributed by atoms with E-state index < -0.39 is 27.5 Å². The lowest BCUT2D eigenvalue weighted by atomic mass is 9.77. The van der Waals surface area contributed by atoms with Crippen molar-refractivity contribution in [3.8, 4) is 0 Å². The van der Waals surface area contributed by atoms with Gasteiger partial charge in [-0.05, 0) is 74.9 Å². The van der Waals surface area contributed by atoms with Gasteiger partial charge < -0.3 is 10.6 Å². The summed E-state index contributed by atoms with van der Waals surface area (Å²) in [7, 11) is -3.74. The number of sulfonamides is 1. The van der Waals surface area contributed by atoms with E-state index in [0.29, 0.717) is 30.1 Å². The highest BCUT2D eigenvalue weighted by Gasteiger charge is 2.52. The molecule has 2 aromatic rings. The van der Waals surface area contributed by atoms with Gasteiger partial charge in [-0.15, -0.1) is 0 Å². The molecule has 10 heteroatoms. The van der Waals surface area contributed by atoms with E-state index in [1.54, 1.807) is 24.3 Å². The lowest BCUT2D eigenvalue weighted by molar-refractivity contribution is -0.135. The van der Waals surface area contributed by atoms with Gasteiger partial charge in [0.15, 0.2) is 0 Å². The fraction of sp³-hybridized carbons (Fsp3) is 0.375. The van der Waals surface area contributed by atoms with Crippen LogP contribution >= 0.6 is 0 Å². The number of rotatable bonds is 6. The van der Waals surface area contributed by atoms with E-state index in [2.05, 4.69) is 22.3 Å². The van der Waals surface area contributed by atoms with Crippen LogP contribution in [0.5, 0.6) is 0 Å². The Kier molecular flexibility index (Phi) is 6.35. The zero-order chi connectivity index (χ0) is 24.5. The molecule has 1 saturated carbocycles. The van der Waals surface area contributed by atoms with Crippen molar-refractivity contribution in [1.82, 2.24) is 10.2 Å². The van der Waals surface area contributed by atoms with Crippen molar-refractivity contribution in [2.45, 2.75) is 50.0 Å². The Hall–Kier alpha value is -3.40. The van der Waals surface area contributed by atoms with Gasteiger partial charge in [0.05, 0.1) is 4.90 Å². The third-order valence-electron chi connectivity index (χ3n) is 6.43. The number of hydrogen-bond donors (Lipinski definition) is 3. The van der Waals surface area contributed by atoms with E-state index >= 15 is 0 Å². The molecular weight excluding hydrogens is 456 g/mol. The van der Waals surface area contributed by atoms with E-state index in [4.69, 9.17) is 0 Å². The summed E-state index contributed by atoms with van der Waals surface area (Å²) in [6, 6.07) is 12.1. The number of hydrogen-bond acceptors (Lipinski definition) is 5. The van der Waals surface area contributed by atoms with Crippen LogP contribution in [0.15, 0.2) is 53.4 Å². The van der Waals surface area contributed by atoms with Crippen molar-refractivity contribution >= 4 is 39.2 Å². The highest BCUT2D eigenvalue weighted by Crippen LogP contribution is 2.36. The second kappa shape index (κ2) is 9.09. The van der Waals surface area contributed by atoms with Crippen LogP contribution in [0.1, 0.15) is 38.2 Å². The van der Waals surface area contributed by atoms with Crippen LogP contribution in [0.25, 0.3) is 0 Å². The summed E-state index contributed by atoms with van der Waals surface area (Å²) in [5, 5.41) is 5.44. The largest absolute Gasteiger partial charge is 0.325 e. The average molecular weight is 485 g/mol. The molecule has 2 aromatic carbocycles. The third kappa shape index (κ3) is 4.91. The minimum Gasteiger partial charge on any atom is -0.325 e. The molecule has 4 amide bonds. The topological polar surface area (TPSA) is 125 Å². The van der Waals surface area contributed by atoms with E-state index in [-0.39, 0.29) is 17.3 Å². The highest BCUT2D eigenvalue weighted by atomic mass is 32.2. The second-order valence-electron chi connectivity index (χ2n) is 9.13. The summed E-state index contributed by atoms with van der Waals surface area (Å²) < 4.78 is 27.5. The van der Waals surface area contributed by atoms with Crippen molar-refractivity contribution in [2.24, 2.45) is 5.92 Å². The Morgan fingerprint density at radius 2 is 1.62 bits per heavy atom. The van der Waals surface area contributed by atoms with Crippen LogP contribution in [0.4, 0.5) is 16.2 Å². The molecule has 1 aliphatic carbocycles. The Morgan fingerprint density at radius 1 is 1.03 bits per heavy atom. The number of anilines is 2. The van der Waals surface area contributed by atoms with Crippen LogP contribution in [0.3, 0.4) is 0 Å². The first-order valence-electron chi connectivity index (χ1n) is 11.2. The Morgan fingerprint density at radius 3 is 2.24 bits per heavy atom. The van der Waals surface area contributed by atoms with Crippen molar-refractivity contribution in [3.05, 3.63) is 54.1 Å². The Balaban J connectivity index is 1.35. The van der Waals surface area contributed by atoms with Gasteiger partial charge in [0.2, 0.25) is 5.91 Å². The molecule has 3 N–H and O–H groups in total. The standard InChI is InChI=1S/C24H28N4O5S/c1-16-3-9-20(10-4-16)34(32,33)27-19-7-5-18(6-8-19)25-21(29)15-28-22(30)24(26-23(28)31)13-11-17(2)12-14-24/h3-10,17,27H,11-15H2,1-2H3,(H,25,29)(H,26,31). The summed E-state index contributed by atoms with van der Waals surface area (Å²) in [6.45, 7) is 3.61. The summed E-state index contributed by atoms with van der Waals surface area (Å²) >= 11 is 0. The van der Waals surface area contributed by atoms with Gasteiger partial charge in [-0.2, -0.15) is 0 Å². The quantitative estimate of drug-likeness (QED) is 0.543. The monoisotopic (exact) mass is 484 g/mol. The second-order valence-corrected chi connectivity index (χ2v) is 10.8. The zero-order valence-corrected chi connectivity index (χ0v) is 19.9. The van der Waals surface area contributed by atoms with E-state index in [1.807, 2.05) is 6.92 Å². The van der Waals surface area contributed by atoms with Gasteiger partial charge in [-0.3, -0.25) is 19.2 Å². The summed E-state index contributed by atoms with van der Waals surface area (Å²) in [5.41, 5.74) is 0.813. The molecule has 0 bridgehead atoms. The van der Waals surface area contributed by atoms with Crippen LogP contribution < -0.4 is 15.4 Å². The molecule has 0 unspecified atom stereocenters. The average Bonchev–Trinajstić information content (AvgIpc) is 3.01. The molecule has 0 atom stereocenters. The minimum atomic E-state index is -3.74. The number of nitrogens with zero attached hydrogens (tertiary/aromatic N) is 1. The van der Waals surface area contributed by atoms with Gasteiger partial charge in [0, 0.05) is 11.4 Å². The fourth-order valence-corrected chi connectivity index (χ4v) is 5.37. The normalized spacial score (nSPS) is 22.5. The molecular formula is C24H28N4O5S. The molecule has 9 nitrogen and oxygen atoms in total. The number of benzene rings is 2. The fourth-order valence-electron chi connectivity index (χ4n) is 4.31. The Bertz CT molecular complexity index is 1200. The first-order valence-corrected chi connectivity index (χ1v) is 12.7. The third-order valence-corrected chi connectivity index (χ3v) is 7.82. The molecule has 4 rings (SSSR count). The maximum atomic E-state index is 12.9. The molecule has 1 spiro atoms. The summed E-state index contributed by atoms with van der Waals surface area (Å²) in [4.78, 5) is 38.9. The molecule has 1 saturated heterocycles. The smallest absolute Gasteiger partial charge is 0.325 e. The first kappa shape index (κ1) is 23.7. The molecule has 0 aromatic heterocycles. The predicted molar refractivity (Wildman–Crippen MR) is 128 cm³/mol. The molecule has 2 aliphatic rings. The van der Waals surface area contributed by atoms with Crippen LogP contribution in [-0.4, -0.2) is 43.2 Å². The van der Waals surface area contributed by atoms with Crippen LogP contribution in [0.2, 0.25) is 0 Å². The number of urea groups is 1. The maximum absolute atomic E-state index is 12.9. The van der Waals surface area contributed by atoms with Crippen LogP contribution in [-0.2, 0) is 19.6 Å². The van der Waals surface area contributed by atoms with Gasteiger partial charge in [-0.25, -0.2) is 13.2 Å². The number of imide groups is 1. The molecule has 2 fully saturated rings. The SMILES string of the molecule is Cc1ccc(S(=O)(=O)Nc2ccc(NC(=O)CN3C(=O)NC4(CCC(C)CC4)C3=O)cc2)cc1. The predicted octanol–water partition coefficient (Wildman–Crippen LogP) is 3.24. The Labute approximate surface area is 199 Å². The number of nitrogens with one attached hydrogen (secondary N) is 3.